The molecule has 0 aliphatic heterocycles. The highest BCUT2D eigenvalue weighted by molar-refractivity contribution is 6.30. The fourth-order valence-electron chi connectivity index (χ4n) is 1.77. The molecule has 2 aromatic carbocycles. The second-order valence-electron chi connectivity index (χ2n) is 4.51. The van der Waals surface area contributed by atoms with Crippen LogP contribution in [0.1, 0.15) is 0 Å². The van der Waals surface area contributed by atoms with Crippen LogP contribution in [0.25, 0.3) is 0 Å². The summed E-state index contributed by atoms with van der Waals surface area (Å²) in [6.45, 7) is 0. The SMILES string of the molecule is Nc1nc(Oc2ccc(Cl)cc2)cc(Oc2ccc(Cl)cc2)n1. The molecule has 7 heteroatoms. The van der Waals surface area contributed by atoms with Crippen molar-refractivity contribution in [3.63, 3.8) is 0 Å². The van der Waals surface area contributed by atoms with Crippen LogP contribution >= 0.6 is 23.2 Å². The van der Waals surface area contributed by atoms with Crippen molar-refractivity contribution in [1.82, 2.24) is 9.97 Å². The van der Waals surface area contributed by atoms with E-state index >= 15 is 0 Å². The lowest BCUT2D eigenvalue weighted by Crippen LogP contribution is -1.99. The van der Waals surface area contributed by atoms with Crippen molar-refractivity contribution < 1.29 is 9.47 Å². The van der Waals surface area contributed by atoms with Gasteiger partial charge in [-0.05, 0) is 48.5 Å². The average Bonchev–Trinajstić information content (AvgIpc) is 2.51. The lowest BCUT2D eigenvalue weighted by molar-refractivity contribution is 0.435. The smallest absolute Gasteiger partial charge is 0.227 e. The van der Waals surface area contributed by atoms with Gasteiger partial charge in [-0.3, -0.25) is 0 Å². The Balaban J connectivity index is 1.81. The Morgan fingerprint density at radius 3 is 1.48 bits per heavy atom. The number of nitrogens with two attached hydrogens (primary N) is 1. The second kappa shape index (κ2) is 6.73. The Hall–Kier alpha value is -2.50. The summed E-state index contributed by atoms with van der Waals surface area (Å²) in [4.78, 5) is 8.04. The number of hydrogen-bond donors (Lipinski definition) is 1. The van der Waals surface area contributed by atoms with Gasteiger partial charge >= 0.3 is 0 Å². The molecule has 0 saturated carbocycles. The first-order valence-corrected chi connectivity index (χ1v) is 7.35. The number of anilines is 1. The van der Waals surface area contributed by atoms with E-state index < -0.39 is 0 Å². The molecule has 3 rings (SSSR count). The quantitative estimate of drug-likeness (QED) is 0.722. The highest BCUT2D eigenvalue weighted by atomic mass is 35.5. The van der Waals surface area contributed by atoms with Crippen LogP contribution in [0.15, 0.2) is 54.6 Å². The van der Waals surface area contributed by atoms with Crippen molar-refractivity contribution in [2.24, 2.45) is 0 Å². The van der Waals surface area contributed by atoms with Crippen LogP contribution in [0.5, 0.6) is 23.3 Å². The van der Waals surface area contributed by atoms with E-state index in [1.165, 1.54) is 0 Å². The van der Waals surface area contributed by atoms with Crippen LogP contribution < -0.4 is 15.2 Å². The van der Waals surface area contributed by atoms with Gasteiger partial charge in [0.05, 0.1) is 6.07 Å². The van der Waals surface area contributed by atoms with E-state index in [0.717, 1.165) is 0 Å². The molecule has 0 aliphatic carbocycles. The van der Waals surface area contributed by atoms with Crippen LogP contribution in [0.4, 0.5) is 5.95 Å². The van der Waals surface area contributed by atoms with E-state index in [1.807, 2.05) is 0 Å². The number of nitrogen functional groups attached to an aromatic ring is 1. The van der Waals surface area contributed by atoms with Crippen LogP contribution in [-0.4, -0.2) is 9.97 Å². The normalized spacial score (nSPS) is 10.3. The molecule has 0 saturated heterocycles. The van der Waals surface area contributed by atoms with Gasteiger partial charge in [-0.1, -0.05) is 23.2 Å². The number of nitrogens with zero attached hydrogens (tertiary/aromatic N) is 2. The van der Waals surface area contributed by atoms with Gasteiger partial charge in [0.15, 0.2) is 0 Å². The van der Waals surface area contributed by atoms with Gasteiger partial charge < -0.3 is 15.2 Å². The topological polar surface area (TPSA) is 70.3 Å². The zero-order valence-electron chi connectivity index (χ0n) is 11.7. The predicted octanol–water partition coefficient (Wildman–Crippen LogP) is 4.95. The Labute approximate surface area is 142 Å². The number of aromatic nitrogens is 2. The molecule has 0 radical (unpaired) electrons. The third-order valence-electron chi connectivity index (χ3n) is 2.77. The summed E-state index contributed by atoms with van der Waals surface area (Å²) in [6.07, 6.45) is 0. The molecule has 1 heterocycles. The lowest BCUT2D eigenvalue weighted by Gasteiger charge is -2.08. The van der Waals surface area contributed by atoms with E-state index in [1.54, 1.807) is 54.6 Å². The summed E-state index contributed by atoms with van der Waals surface area (Å²) >= 11 is 11.7. The Kier molecular flexibility index (Phi) is 4.50. The summed E-state index contributed by atoms with van der Waals surface area (Å²) in [5.41, 5.74) is 5.69. The number of rotatable bonds is 4. The summed E-state index contributed by atoms with van der Waals surface area (Å²) in [5, 5.41) is 1.23. The number of benzene rings is 2. The zero-order valence-corrected chi connectivity index (χ0v) is 13.3. The molecule has 0 aliphatic rings. The van der Waals surface area contributed by atoms with Crippen LogP contribution in [0.3, 0.4) is 0 Å². The summed E-state index contributed by atoms with van der Waals surface area (Å²) in [7, 11) is 0. The van der Waals surface area contributed by atoms with E-state index in [2.05, 4.69) is 9.97 Å². The maximum Gasteiger partial charge on any atom is 0.227 e. The maximum atomic E-state index is 5.84. The molecule has 0 spiro atoms. The third-order valence-corrected chi connectivity index (χ3v) is 3.27. The Bertz CT molecular complexity index is 743. The van der Waals surface area contributed by atoms with Crippen LogP contribution in [-0.2, 0) is 0 Å². The maximum absolute atomic E-state index is 5.84. The molecule has 0 atom stereocenters. The molecule has 2 N–H and O–H groups in total. The first kappa shape index (κ1) is 15.4. The minimum Gasteiger partial charge on any atom is -0.439 e. The highest BCUT2D eigenvalue weighted by Gasteiger charge is 2.07. The number of hydrogen-bond acceptors (Lipinski definition) is 5. The third kappa shape index (κ3) is 4.25. The zero-order chi connectivity index (χ0) is 16.2. The number of ether oxygens (including phenoxy) is 2. The van der Waals surface area contributed by atoms with Crippen molar-refractivity contribution in [2.75, 3.05) is 5.73 Å². The highest BCUT2D eigenvalue weighted by Crippen LogP contribution is 2.27. The molecular weight excluding hydrogens is 337 g/mol. The largest absolute Gasteiger partial charge is 0.439 e. The second-order valence-corrected chi connectivity index (χ2v) is 5.39. The molecule has 1 aromatic heterocycles. The van der Waals surface area contributed by atoms with Crippen molar-refractivity contribution in [1.29, 1.82) is 0 Å². The molecule has 0 amide bonds. The van der Waals surface area contributed by atoms with Gasteiger partial charge in [-0.2, -0.15) is 9.97 Å². The average molecular weight is 348 g/mol. The van der Waals surface area contributed by atoms with Crippen molar-refractivity contribution in [3.8, 4) is 23.3 Å². The summed E-state index contributed by atoms with van der Waals surface area (Å²) in [6, 6.07) is 15.3. The van der Waals surface area contributed by atoms with Crippen molar-refractivity contribution in [2.45, 2.75) is 0 Å². The fraction of sp³-hybridized carbons (Fsp3) is 0. The first-order chi connectivity index (χ1) is 11.1. The molecule has 0 unspecified atom stereocenters. The standard InChI is InChI=1S/C16H11Cl2N3O2/c17-10-1-5-12(6-2-10)22-14-9-15(21-16(19)20-14)23-13-7-3-11(18)4-8-13/h1-9H,(H2,19,20,21). The molecule has 23 heavy (non-hydrogen) atoms. The van der Waals surface area contributed by atoms with E-state index in [-0.39, 0.29) is 17.7 Å². The molecule has 116 valence electrons. The summed E-state index contributed by atoms with van der Waals surface area (Å²) < 4.78 is 11.2. The van der Waals surface area contributed by atoms with Gasteiger partial charge in [-0.25, -0.2) is 0 Å². The predicted molar refractivity (Wildman–Crippen MR) is 89.5 cm³/mol. The van der Waals surface area contributed by atoms with Gasteiger partial charge in [0.25, 0.3) is 0 Å². The monoisotopic (exact) mass is 347 g/mol. The fourth-order valence-corrected chi connectivity index (χ4v) is 2.02. The molecule has 3 aromatic rings. The van der Waals surface area contributed by atoms with Gasteiger partial charge in [0, 0.05) is 10.0 Å². The van der Waals surface area contributed by atoms with E-state index in [4.69, 9.17) is 38.4 Å². The lowest BCUT2D eigenvalue weighted by atomic mass is 10.3. The van der Waals surface area contributed by atoms with Crippen LogP contribution in [0.2, 0.25) is 10.0 Å². The Morgan fingerprint density at radius 1 is 0.696 bits per heavy atom. The Morgan fingerprint density at radius 2 is 1.09 bits per heavy atom. The van der Waals surface area contributed by atoms with Crippen molar-refractivity contribution in [3.05, 3.63) is 64.6 Å². The summed E-state index contributed by atoms with van der Waals surface area (Å²) in [5.74, 6) is 1.72. The van der Waals surface area contributed by atoms with E-state index in [0.29, 0.717) is 21.5 Å². The molecule has 5 nitrogen and oxygen atoms in total. The molecular formula is C16H11Cl2N3O2. The van der Waals surface area contributed by atoms with Gasteiger partial charge in [-0.15, -0.1) is 0 Å². The van der Waals surface area contributed by atoms with E-state index in [9.17, 15) is 0 Å². The van der Waals surface area contributed by atoms with Crippen molar-refractivity contribution >= 4 is 29.2 Å². The molecule has 0 fully saturated rings. The molecule has 0 bridgehead atoms. The van der Waals surface area contributed by atoms with Gasteiger partial charge in [0.1, 0.15) is 11.5 Å². The first-order valence-electron chi connectivity index (χ1n) is 6.60. The van der Waals surface area contributed by atoms with Crippen LogP contribution in [0, 0.1) is 0 Å². The minimum absolute atomic E-state index is 0.0421. The minimum atomic E-state index is 0.0421. The van der Waals surface area contributed by atoms with Gasteiger partial charge in [0.2, 0.25) is 17.7 Å². The number of halogens is 2.